The Kier molecular flexibility index (Phi) is 7.79. The summed E-state index contributed by atoms with van der Waals surface area (Å²) in [5.74, 6) is 0.512. The Balaban J connectivity index is 2.39. The van der Waals surface area contributed by atoms with Gasteiger partial charge in [-0.2, -0.15) is 0 Å². The fourth-order valence-electron chi connectivity index (χ4n) is 1.48. The van der Waals surface area contributed by atoms with E-state index in [1.54, 1.807) is 6.07 Å². The van der Waals surface area contributed by atoms with E-state index in [9.17, 15) is 17.2 Å². The minimum Gasteiger partial charge on any atom is -0.447 e. The van der Waals surface area contributed by atoms with Crippen LogP contribution in [0.4, 0.5) is 8.78 Å². The molecule has 2 N–H and O–H groups in total. The maximum absolute atomic E-state index is 11.8. The lowest BCUT2D eigenvalue weighted by molar-refractivity contribution is 0.0198. The first-order valence-electron chi connectivity index (χ1n) is 6.60. The molecule has 6 nitrogen and oxygen atoms in total. The van der Waals surface area contributed by atoms with E-state index in [-0.39, 0.29) is 18.2 Å². The number of alkyl halides is 2. The summed E-state index contributed by atoms with van der Waals surface area (Å²) in [5.41, 5.74) is 0. The van der Waals surface area contributed by atoms with Gasteiger partial charge in [0.2, 0.25) is 5.09 Å². The number of furan rings is 1. The molecule has 1 aromatic rings. The molecule has 0 radical (unpaired) electrons. The maximum atomic E-state index is 11.8. The Bertz CT molecular complexity index is 505. The first kappa shape index (κ1) is 18.0. The van der Waals surface area contributed by atoms with Gasteiger partial charge in [-0.05, 0) is 25.1 Å². The van der Waals surface area contributed by atoms with Crippen LogP contribution >= 0.6 is 0 Å². The highest BCUT2D eigenvalue weighted by molar-refractivity contribution is 7.89. The van der Waals surface area contributed by atoms with Gasteiger partial charge in [0.15, 0.2) is 0 Å². The second kappa shape index (κ2) is 9.08. The molecule has 0 saturated carbocycles. The van der Waals surface area contributed by atoms with Crippen molar-refractivity contribution in [3.05, 3.63) is 17.9 Å². The van der Waals surface area contributed by atoms with E-state index in [1.807, 2.05) is 6.92 Å². The minimum absolute atomic E-state index is 0.0980. The number of hydrogen-bond donors (Lipinski definition) is 2. The van der Waals surface area contributed by atoms with E-state index in [4.69, 9.17) is 4.42 Å². The molecule has 0 aliphatic carbocycles. The molecule has 0 spiro atoms. The monoisotopic (exact) mass is 326 g/mol. The first-order chi connectivity index (χ1) is 9.95. The van der Waals surface area contributed by atoms with Crippen LogP contribution in [0.25, 0.3) is 0 Å². The van der Waals surface area contributed by atoms with Crippen LogP contribution in [0.2, 0.25) is 0 Å². The van der Waals surface area contributed by atoms with Gasteiger partial charge in [0.05, 0.1) is 13.2 Å². The molecule has 0 atom stereocenters. The second-order valence-corrected chi connectivity index (χ2v) is 5.96. The van der Waals surface area contributed by atoms with Crippen LogP contribution in [0.1, 0.15) is 19.1 Å². The van der Waals surface area contributed by atoms with Gasteiger partial charge in [-0.25, -0.2) is 21.9 Å². The van der Waals surface area contributed by atoms with Gasteiger partial charge in [-0.1, -0.05) is 6.92 Å². The van der Waals surface area contributed by atoms with Crippen molar-refractivity contribution in [2.45, 2.75) is 31.4 Å². The van der Waals surface area contributed by atoms with Crippen molar-refractivity contribution in [2.24, 2.45) is 0 Å². The first-order valence-corrected chi connectivity index (χ1v) is 8.09. The Morgan fingerprint density at radius 3 is 2.76 bits per heavy atom. The molecule has 0 bridgehead atoms. The Hall–Kier alpha value is -1.03. The van der Waals surface area contributed by atoms with Crippen molar-refractivity contribution in [1.29, 1.82) is 0 Å². The van der Waals surface area contributed by atoms with Crippen molar-refractivity contribution in [3.8, 4) is 0 Å². The highest BCUT2D eigenvalue weighted by atomic mass is 32.2. The summed E-state index contributed by atoms with van der Waals surface area (Å²) >= 11 is 0. The molecule has 1 aromatic heterocycles. The zero-order valence-corrected chi connectivity index (χ0v) is 12.6. The molecule has 0 fully saturated rings. The fourth-order valence-corrected chi connectivity index (χ4v) is 2.44. The fraction of sp³-hybridized carbons (Fsp3) is 0.667. The lowest BCUT2D eigenvalue weighted by Crippen LogP contribution is -2.27. The number of halogens is 2. The predicted molar refractivity (Wildman–Crippen MR) is 72.7 cm³/mol. The smallest absolute Gasteiger partial charge is 0.274 e. The molecule has 0 unspecified atom stereocenters. The van der Waals surface area contributed by atoms with Crippen LogP contribution in [-0.2, 0) is 21.3 Å². The molecular weight excluding hydrogens is 306 g/mol. The Morgan fingerprint density at radius 2 is 2.10 bits per heavy atom. The van der Waals surface area contributed by atoms with Crippen molar-refractivity contribution in [3.63, 3.8) is 0 Å². The van der Waals surface area contributed by atoms with Gasteiger partial charge in [0, 0.05) is 6.54 Å². The summed E-state index contributed by atoms with van der Waals surface area (Å²) in [6.45, 7) is 2.33. The van der Waals surface area contributed by atoms with Gasteiger partial charge in [-0.3, -0.25) is 0 Å². The quantitative estimate of drug-likeness (QED) is 0.600. The number of nitrogens with one attached hydrogen (secondary N) is 2. The molecule has 21 heavy (non-hydrogen) atoms. The van der Waals surface area contributed by atoms with Crippen molar-refractivity contribution in [2.75, 3.05) is 26.3 Å². The lowest BCUT2D eigenvalue weighted by atomic mass is 10.4. The highest BCUT2D eigenvalue weighted by Gasteiger charge is 2.18. The van der Waals surface area contributed by atoms with Crippen molar-refractivity contribution in [1.82, 2.24) is 10.0 Å². The van der Waals surface area contributed by atoms with Gasteiger partial charge >= 0.3 is 0 Å². The average molecular weight is 326 g/mol. The number of sulfonamides is 1. The molecule has 0 aromatic carbocycles. The van der Waals surface area contributed by atoms with E-state index >= 15 is 0 Å². The molecule has 122 valence electrons. The second-order valence-electron chi connectivity index (χ2n) is 4.26. The largest absolute Gasteiger partial charge is 0.447 e. The summed E-state index contributed by atoms with van der Waals surface area (Å²) in [6.07, 6.45) is -1.60. The van der Waals surface area contributed by atoms with Gasteiger partial charge < -0.3 is 14.5 Å². The van der Waals surface area contributed by atoms with Gasteiger partial charge in [0.1, 0.15) is 12.4 Å². The third-order valence-corrected chi connectivity index (χ3v) is 3.74. The maximum Gasteiger partial charge on any atom is 0.274 e. The van der Waals surface area contributed by atoms with Crippen LogP contribution in [0.3, 0.4) is 0 Å². The third-order valence-electron chi connectivity index (χ3n) is 2.41. The summed E-state index contributed by atoms with van der Waals surface area (Å²) in [6, 6.07) is 2.93. The highest BCUT2D eigenvalue weighted by Crippen LogP contribution is 2.13. The average Bonchev–Trinajstić information content (AvgIpc) is 2.88. The zero-order chi connectivity index (χ0) is 15.7. The molecule has 1 heterocycles. The van der Waals surface area contributed by atoms with E-state index in [0.29, 0.717) is 12.3 Å². The van der Waals surface area contributed by atoms with Crippen LogP contribution in [-0.4, -0.2) is 41.1 Å². The van der Waals surface area contributed by atoms with E-state index in [1.165, 1.54) is 6.07 Å². The number of rotatable bonds is 11. The standard InChI is InChI=1S/C12H20F2N2O4S/c1-2-5-15-8-10-3-4-12(20-10)21(17,18)16-6-7-19-9-11(13)14/h3-4,11,15-16H,2,5-9H2,1H3. The van der Waals surface area contributed by atoms with Crippen molar-refractivity contribution >= 4 is 10.0 Å². The topological polar surface area (TPSA) is 80.6 Å². The molecular formula is C12H20F2N2O4S. The molecule has 0 amide bonds. The molecule has 0 aliphatic heterocycles. The van der Waals surface area contributed by atoms with Crippen LogP contribution < -0.4 is 10.0 Å². The Labute approximate surface area is 122 Å². The zero-order valence-electron chi connectivity index (χ0n) is 11.8. The molecule has 0 aliphatic rings. The summed E-state index contributed by atoms with van der Waals surface area (Å²) in [4.78, 5) is 0. The van der Waals surface area contributed by atoms with Gasteiger partial charge in [0.25, 0.3) is 16.4 Å². The third kappa shape index (κ3) is 6.98. The summed E-state index contributed by atoms with van der Waals surface area (Å²) < 4.78 is 59.3. The normalized spacial score (nSPS) is 12.2. The van der Waals surface area contributed by atoms with Crippen molar-refractivity contribution < 1.29 is 26.4 Å². The SMILES string of the molecule is CCCNCc1ccc(S(=O)(=O)NCCOCC(F)F)o1. The predicted octanol–water partition coefficient (Wildman–Crippen LogP) is 1.34. The summed E-state index contributed by atoms with van der Waals surface area (Å²) in [5, 5.41) is 2.88. The molecule has 0 saturated heterocycles. The Morgan fingerprint density at radius 1 is 1.33 bits per heavy atom. The van der Waals surface area contributed by atoms with E-state index < -0.39 is 23.1 Å². The lowest BCUT2D eigenvalue weighted by Gasteiger charge is -2.05. The number of hydrogen-bond acceptors (Lipinski definition) is 5. The van der Waals surface area contributed by atoms with Crippen LogP contribution in [0, 0.1) is 0 Å². The minimum atomic E-state index is -3.78. The van der Waals surface area contributed by atoms with Crippen LogP contribution in [0.15, 0.2) is 21.6 Å². The van der Waals surface area contributed by atoms with Gasteiger partial charge in [-0.15, -0.1) is 0 Å². The summed E-state index contributed by atoms with van der Waals surface area (Å²) in [7, 11) is -3.78. The molecule has 9 heteroatoms. The molecule has 1 rings (SSSR count). The van der Waals surface area contributed by atoms with E-state index in [0.717, 1.165) is 13.0 Å². The van der Waals surface area contributed by atoms with Crippen LogP contribution in [0.5, 0.6) is 0 Å². The number of ether oxygens (including phenoxy) is 1. The van der Waals surface area contributed by atoms with E-state index in [2.05, 4.69) is 14.8 Å².